The fourth-order valence-corrected chi connectivity index (χ4v) is 4.56. The Morgan fingerprint density at radius 1 is 1.18 bits per heavy atom. The van der Waals surface area contributed by atoms with E-state index < -0.39 is 14.6 Å². The summed E-state index contributed by atoms with van der Waals surface area (Å²) in [5.74, 6) is 1.30. The summed E-state index contributed by atoms with van der Waals surface area (Å²) in [6.07, 6.45) is 7.24. The van der Waals surface area contributed by atoms with Crippen molar-refractivity contribution in [1.82, 2.24) is 14.4 Å². The number of anilines is 1. The second kappa shape index (κ2) is 6.20. The number of pyridine rings is 2. The predicted octanol–water partition coefficient (Wildman–Crippen LogP) is 3.44. The molecular weight excluding hydrogens is 376 g/mol. The van der Waals surface area contributed by atoms with Crippen molar-refractivity contribution >= 4 is 21.3 Å². The zero-order chi connectivity index (χ0) is 20.3. The standard InChI is InChI=1S/C20H24N4O3S/c1-20(2,3)28(25,26)17-11-24-15(10-22-18(24)8-16(17)27-4)13-7-14(12-5-6-12)19(21)23-9-13/h7-12H,5-6H2,1-4H3,(H2,21,23). The summed E-state index contributed by atoms with van der Waals surface area (Å²) < 4.78 is 32.4. The van der Waals surface area contributed by atoms with Crippen molar-refractivity contribution in [2.24, 2.45) is 0 Å². The maximum absolute atomic E-state index is 13.1. The molecule has 0 spiro atoms. The van der Waals surface area contributed by atoms with E-state index in [9.17, 15) is 8.42 Å². The number of sulfone groups is 1. The van der Waals surface area contributed by atoms with E-state index in [1.165, 1.54) is 7.11 Å². The minimum Gasteiger partial charge on any atom is -0.495 e. The van der Waals surface area contributed by atoms with E-state index in [2.05, 4.69) is 9.97 Å². The van der Waals surface area contributed by atoms with Crippen LogP contribution in [0.2, 0.25) is 0 Å². The van der Waals surface area contributed by atoms with Crippen LogP contribution in [0.3, 0.4) is 0 Å². The lowest BCUT2D eigenvalue weighted by atomic mass is 10.1. The molecule has 4 rings (SSSR count). The van der Waals surface area contributed by atoms with Crippen LogP contribution in [0.25, 0.3) is 16.9 Å². The minimum atomic E-state index is -3.62. The first kappa shape index (κ1) is 18.7. The SMILES string of the molecule is COc1cc2ncc(-c3cnc(N)c(C4CC4)c3)n2cc1S(=O)(=O)C(C)(C)C. The van der Waals surface area contributed by atoms with Gasteiger partial charge in [-0.05, 0) is 51.2 Å². The second-order valence-corrected chi connectivity index (χ2v) is 10.8. The lowest BCUT2D eigenvalue weighted by molar-refractivity contribution is 0.401. The number of nitrogens with zero attached hydrogens (tertiary/aromatic N) is 3. The monoisotopic (exact) mass is 400 g/mol. The van der Waals surface area contributed by atoms with E-state index in [1.54, 1.807) is 49.8 Å². The molecule has 7 nitrogen and oxygen atoms in total. The molecule has 1 saturated carbocycles. The van der Waals surface area contributed by atoms with Crippen molar-refractivity contribution in [3.05, 3.63) is 36.3 Å². The molecule has 28 heavy (non-hydrogen) atoms. The number of fused-ring (bicyclic) bond motifs is 1. The topological polar surface area (TPSA) is 99.6 Å². The Balaban J connectivity index is 1.93. The lowest BCUT2D eigenvalue weighted by Crippen LogP contribution is -2.28. The highest BCUT2D eigenvalue weighted by Crippen LogP contribution is 2.43. The Kier molecular flexibility index (Phi) is 4.15. The maximum Gasteiger partial charge on any atom is 0.188 e. The summed E-state index contributed by atoms with van der Waals surface area (Å²) in [5.41, 5.74) is 9.30. The highest BCUT2D eigenvalue weighted by molar-refractivity contribution is 7.92. The van der Waals surface area contributed by atoms with Crippen LogP contribution in [0, 0.1) is 0 Å². The number of imidazole rings is 1. The predicted molar refractivity (Wildman–Crippen MR) is 108 cm³/mol. The third-order valence-corrected chi connectivity index (χ3v) is 7.65. The first-order valence-electron chi connectivity index (χ1n) is 9.19. The average Bonchev–Trinajstić information content (AvgIpc) is 3.39. The molecule has 0 radical (unpaired) electrons. The van der Waals surface area contributed by atoms with Gasteiger partial charge in [0.25, 0.3) is 0 Å². The Morgan fingerprint density at radius 3 is 2.50 bits per heavy atom. The van der Waals surface area contributed by atoms with Gasteiger partial charge in [0, 0.05) is 24.0 Å². The Morgan fingerprint density at radius 2 is 1.89 bits per heavy atom. The molecule has 1 fully saturated rings. The average molecular weight is 401 g/mol. The van der Waals surface area contributed by atoms with Crippen LogP contribution in [-0.4, -0.2) is 34.6 Å². The van der Waals surface area contributed by atoms with Crippen LogP contribution in [-0.2, 0) is 9.84 Å². The number of hydrogen-bond acceptors (Lipinski definition) is 6. The molecule has 3 aromatic rings. The van der Waals surface area contributed by atoms with Crippen LogP contribution in [0.15, 0.2) is 35.6 Å². The van der Waals surface area contributed by atoms with Gasteiger partial charge in [-0.3, -0.25) is 4.40 Å². The van der Waals surface area contributed by atoms with Gasteiger partial charge in [0.05, 0.1) is 23.7 Å². The highest BCUT2D eigenvalue weighted by atomic mass is 32.2. The van der Waals surface area contributed by atoms with Crippen LogP contribution in [0.4, 0.5) is 5.82 Å². The van der Waals surface area contributed by atoms with Gasteiger partial charge in [0.15, 0.2) is 9.84 Å². The molecule has 3 aromatic heterocycles. The molecule has 8 heteroatoms. The number of ether oxygens (including phenoxy) is 1. The summed E-state index contributed by atoms with van der Waals surface area (Å²) in [4.78, 5) is 8.91. The largest absolute Gasteiger partial charge is 0.495 e. The van der Waals surface area contributed by atoms with Gasteiger partial charge >= 0.3 is 0 Å². The number of nitrogens with two attached hydrogens (primary N) is 1. The van der Waals surface area contributed by atoms with Crippen molar-refractivity contribution < 1.29 is 13.2 Å². The molecule has 148 valence electrons. The number of methoxy groups -OCH3 is 1. The van der Waals surface area contributed by atoms with Crippen LogP contribution >= 0.6 is 0 Å². The first-order valence-corrected chi connectivity index (χ1v) is 10.7. The van der Waals surface area contributed by atoms with Crippen LogP contribution in [0.5, 0.6) is 5.75 Å². The minimum absolute atomic E-state index is 0.139. The summed E-state index contributed by atoms with van der Waals surface area (Å²) in [6.45, 7) is 5.02. The van der Waals surface area contributed by atoms with Gasteiger partial charge in [-0.25, -0.2) is 18.4 Å². The molecular formula is C20H24N4O3S. The van der Waals surface area contributed by atoms with E-state index in [0.717, 1.165) is 29.7 Å². The number of nitrogen functional groups attached to an aromatic ring is 1. The van der Waals surface area contributed by atoms with Gasteiger partial charge in [0.2, 0.25) is 0 Å². The molecule has 0 bridgehead atoms. The van der Waals surface area contributed by atoms with Crippen molar-refractivity contribution in [2.75, 3.05) is 12.8 Å². The number of aromatic nitrogens is 3. The van der Waals surface area contributed by atoms with Gasteiger partial charge in [0.1, 0.15) is 22.1 Å². The molecule has 0 saturated heterocycles. The fraction of sp³-hybridized carbons (Fsp3) is 0.400. The summed E-state index contributed by atoms with van der Waals surface area (Å²) in [6, 6.07) is 3.68. The van der Waals surface area contributed by atoms with Gasteiger partial charge in [-0.15, -0.1) is 0 Å². The molecule has 1 aliphatic rings. The summed E-state index contributed by atoms with van der Waals surface area (Å²) in [7, 11) is -2.15. The Hall–Kier alpha value is -2.61. The molecule has 1 aliphatic carbocycles. The Labute approximate surface area is 164 Å². The normalized spacial score (nSPS) is 15.1. The summed E-state index contributed by atoms with van der Waals surface area (Å²) >= 11 is 0. The van der Waals surface area contributed by atoms with Crippen molar-refractivity contribution in [3.8, 4) is 17.0 Å². The molecule has 2 N–H and O–H groups in total. The molecule has 0 aromatic carbocycles. The number of rotatable bonds is 4. The van der Waals surface area contributed by atoms with Crippen LogP contribution < -0.4 is 10.5 Å². The zero-order valence-corrected chi connectivity index (χ0v) is 17.2. The highest BCUT2D eigenvalue weighted by Gasteiger charge is 2.34. The van der Waals surface area contributed by atoms with Gasteiger partial charge < -0.3 is 10.5 Å². The first-order chi connectivity index (χ1) is 13.1. The summed E-state index contributed by atoms with van der Waals surface area (Å²) in [5, 5.41) is 0. The maximum atomic E-state index is 13.1. The zero-order valence-electron chi connectivity index (χ0n) is 16.4. The fourth-order valence-electron chi connectivity index (χ4n) is 3.25. The lowest BCUT2D eigenvalue weighted by Gasteiger charge is -2.21. The Bertz CT molecular complexity index is 1170. The molecule has 0 aliphatic heterocycles. The van der Waals surface area contributed by atoms with Gasteiger partial charge in [-0.1, -0.05) is 0 Å². The molecule has 3 heterocycles. The van der Waals surface area contributed by atoms with E-state index in [1.807, 2.05) is 6.07 Å². The van der Waals surface area contributed by atoms with Crippen molar-refractivity contribution in [3.63, 3.8) is 0 Å². The molecule has 0 unspecified atom stereocenters. The third-order valence-electron chi connectivity index (χ3n) is 5.15. The van der Waals surface area contributed by atoms with Crippen molar-refractivity contribution in [2.45, 2.75) is 49.2 Å². The quantitative estimate of drug-likeness (QED) is 0.720. The van der Waals surface area contributed by atoms with Crippen LogP contribution in [0.1, 0.15) is 45.1 Å². The number of hydrogen-bond donors (Lipinski definition) is 1. The van der Waals surface area contributed by atoms with Gasteiger partial charge in [-0.2, -0.15) is 0 Å². The van der Waals surface area contributed by atoms with E-state index >= 15 is 0 Å². The smallest absolute Gasteiger partial charge is 0.188 e. The van der Waals surface area contributed by atoms with Crippen molar-refractivity contribution in [1.29, 1.82) is 0 Å². The second-order valence-electron chi connectivity index (χ2n) is 8.17. The van der Waals surface area contributed by atoms with E-state index in [-0.39, 0.29) is 10.6 Å². The molecule has 0 atom stereocenters. The molecule has 0 amide bonds. The van der Waals surface area contributed by atoms with E-state index in [0.29, 0.717) is 17.4 Å². The third kappa shape index (κ3) is 2.92. The van der Waals surface area contributed by atoms with E-state index in [4.69, 9.17) is 10.5 Å².